The molecule has 1 aromatic carbocycles. The lowest BCUT2D eigenvalue weighted by molar-refractivity contribution is 0.0600. The highest BCUT2D eigenvalue weighted by Gasteiger charge is 2.12. The molecule has 0 radical (unpaired) electrons. The lowest BCUT2D eigenvalue weighted by Crippen LogP contribution is -2.19. The van der Waals surface area contributed by atoms with Crippen LogP contribution in [0.2, 0.25) is 0 Å². The number of hydrogen-bond acceptors (Lipinski definition) is 5. The zero-order valence-corrected chi connectivity index (χ0v) is 8.90. The van der Waals surface area contributed by atoms with E-state index in [-0.39, 0.29) is 5.84 Å². The molecule has 1 aromatic rings. The van der Waals surface area contributed by atoms with Crippen molar-refractivity contribution in [2.45, 2.75) is 0 Å². The van der Waals surface area contributed by atoms with Gasteiger partial charge in [0.15, 0.2) is 5.84 Å². The zero-order valence-electron chi connectivity index (χ0n) is 8.90. The van der Waals surface area contributed by atoms with Crippen LogP contribution in [0.4, 0.5) is 0 Å². The second-order valence-corrected chi connectivity index (χ2v) is 2.89. The maximum Gasteiger partial charge on any atom is 0.337 e. The number of hydrogen-bond donors (Lipinski definition) is 3. The third-order valence-corrected chi connectivity index (χ3v) is 2.00. The SMILES string of the molecule is COC(=O)c1ccc(C(=N)NO)c(OC)c1. The van der Waals surface area contributed by atoms with Gasteiger partial charge in [-0.05, 0) is 18.2 Å². The average molecular weight is 224 g/mol. The number of methoxy groups -OCH3 is 2. The van der Waals surface area contributed by atoms with E-state index in [4.69, 9.17) is 15.4 Å². The molecule has 0 aliphatic carbocycles. The largest absolute Gasteiger partial charge is 0.496 e. The van der Waals surface area contributed by atoms with E-state index in [1.807, 2.05) is 0 Å². The molecular weight excluding hydrogens is 212 g/mol. The fraction of sp³-hybridized carbons (Fsp3) is 0.200. The van der Waals surface area contributed by atoms with Gasteiger partial charge in [0.1, 0.15) is 5.75 Å². The molecule has 6 nitrogen and oxygen atoms in total. The van der Waals surface area contributed by atoms with Crippen molar-refractivity contribution in [2.24, 2.45) is 0 Å². The van der Waals surface area contributed by atoms with E-state index < -0.39 is 5.97 Å². The van der Waals surface area contributed by atoms with Gasteiger partial charge in [0.2, 0.25) is 0 Å². The second kappa shape index (κ2) is 5.13. The van der Waals surface area contributed by atoms with Crippen LogP contribution in [0.3, 0.4) is 0 Å². The van der Waals surface area contributed by atoms with Crippen LogP contribution >= 0.6 is 0 Å². The third-order valence-electron chi connectivity index (χ3n) is 2.00. The fourth-order valence-electron chi connectivity index (χ4n) is 1.20. The molecule has 0 aliphatic rings. The van der Waals surface area contributed by atoms with E-state index in [2.05, 4.69) is 4.74 Å². The summed E-state index contributed by atoms with van der Waals surface area (Å²) in [6.45, 7) is 0. The molecule has 0 spiro atoms. The molecule has 0 fully saturated rings. The van der Waals surface area contributed by atoms with Crippen molar-refractivity contribution in [3.63, 3.8) is 0 Å². The quantitative estimate of drug-likeness (QED) is 0.305. The molecule has 0 aliphatic heterocycles. The summed E-state index contributed by atoms with van der Waals surface area (Å²) < 4.78 is 9.55. The summed E-state index contributed by atoms with van der Waals surface area (Å²) in [6.07, 6.45) is 0. The number of benzene rings is 1. The monoisotopic (exact) mass is 224 g/mol. The summed E-state index contributed by atoms with van der Waals surface area (Å²) in [5, 5.41) is 16.0. The first-order valence-electron chi connectivity index (χ1n) is 4.39. The highest BCUT2D eigenvalue weighted by atomic mass is 16.5. The Bertz CT molecular complexity index is 417. The van der Waals surface area contributed by atoms with Crippen molar-refractivity contribution < 1.29 is 19.5 Å². The van der Waals surface area contributed by atoms with E-state index >= 15 is 0 Å². The Balaban J connectivity index is 3.16. The minimum Gasteiger partial charge on any atom is -0.496 e. The van der Waals surface area contributed by atoms with Crippen LogP contribution in [0, 0.1) is 5.41 Å². The van der Waals surface area contributed by atoms with Crippen LogP contribution in [0.5, 0.6) is 5.75 Å². The first-order chi connectivity index (χ1) is 7.63. The highest BCUT2D eigenvalue weighted by molar-refractivity contribution is 6.00. The van der Waals surface area contributed by atoms with Gasteiger partial charge in [0, 0.05) is 0 Å². The van der Waals surface area contributed by atoms with Gasteiger partial charge in [-0.15, -0.1) is 0 Å². The standard InChI is InChI=1S/C10H12N2O4/c1-15-8-5-6(10(13)16-2)3-4-7(8)9(11)12-14/h3-5,14H,1-2H3,(H2,11,12). The van der Waals surface area contributed by atoms with Crippen LogP contribution in [-0.4, -0.2) is 31.2 Å². The first-order valence-corrected chi connectivity index (χ1v) is 4.39. The van der Waals surface area contributed by atoms with E-state index in [0.717, 1.165) is 0 Å². The second-order valence-electron chi connectivity index (χ2n) is 2.89. The number of rotatable bonds is 3. The van der Waals surface area contributed by atoms with E-state index in [1.165, 1.54) is 32.4 Å². The van der Waals surface area contributed by atoms with Gasteiger partial charge in [-0.3, -0.25) is 16.1 Å². The van der Waals surface area contributed by atoms with Crippen molar-refractivity contribution in [3.05, 3.63) is 29.3 Å². The molecular formula is C10H12N2O4. The fourth-order valence-corrected chi connectivity index (χ4v) is 1.20. The Morgan fingerprint density at radius 1 is 1.44 bits per heavy atom. The van der Waals surface area contributed by atoms with E-state index in [9.17, 15) is 4.79 Å². The number of nitrogens with one attached hydrogen (secondary N) is 2. The summed E-state index contributed by atoms with van der Waals surface area (Å²) in [7, 11) is 2.69. The van der Waals surface area contributed by atoms with Gasteiger partial charge in [-0.2, -0.15) is 0 Å². The molecule has 0 saturated heterocycles. The Labute approximate surface area is 92.3 Å². The zero-order chi connectivity index (χ0) is 12.1. The van der Waals surface area contributed by atoms with Crippen LogP contribution in [0.1, 0.15) is 15.9 Å². The molecule has 0 amide bonds. The van der Waals surface area contributed by atoms with Gasteiger partial charge < -0.3 is 9.47 Å². The van der Waals surface area contributed by atoms with Crippen molar-refractivity contribution in [1.29, 1.82) is 5.41 Å². The van der Waals surface area contributed by atoms with Gasteiger partial charge in [-0.1, -0.05) is 0 Å². The van der Waals surface area contributed by atoms with E-state index in [1.54, 1.807) is 5.48 Å². The number of carbonyl (C=O) groups excluding carboxylic acids is 1. The van der Waals surface area contributed by atoms with Gasteiger partial charge in [-0.25, -0.2) is 4.79 Å². The summed E-state index contributed by atoms with van der Waals surface area (Å²) in [5.74, 6) is -0.406. The highest BCUT2D eigenvalue weighted by Crippen LogP contribution is 2.20. The van der Waals surface area contributed by atoms with Crippen LogP contribution in [-0.2, 0) is 4.74 Å². The van der Waals surface area contributed by atoms with Crippen molar-refractivity contribution in [2.75, 3.05) is 14.2 Å². The summed E-state index contributed by atoms with van der Waals surface area (Å²) in [6, 6.07) is 4.40. The molecule has 0 bridgehead atoms. The summed E-state index contributed by atoms with van der Waals surface area (Å²) in [5.41, 5.74) is 2.36. The Kier molecular flexibility index (Phi) is 3.84. The van der Waals surface area contributed by atoms with Crippen molar-refractivity contribution in [3.8, 4) is 5.75 Å². The number of esters is 1. The number of ether oxygens (including phenoxy) is 2. The Morgan fingerprint density at radius 3 is 2.62 bits per heavy atom. The number of amidine groups is 1. The maximum absolute atomic E-state index is 11.2. The van der Waals surface area contributed by atoms with Gasteiger partial charge >= 0.3 is 5.97 Å². The molecule has 0 heterocycles. The van der Waals surface area contributed by atoms with E-state index in [0.29, 0.717) is 16.9 Å². The number of carbonyl (C=O) groups is 1. The minimum absolute atomic E-state index is 0.215. The first kappa shape index (κ1) is 12.0. The lowest BCUT2D eigenvalue weighted by atomic mass is 10.1. The van der Waals surface area contributed by atoms with Crippen LogP contribution in [0.15, 0.2) is 18.2 Å². The van der Waals surface area contributed by atoms with Gasteiger partial charge in [0.25, 0.3) is 0 Å². The summed E-state index contributed by atoms with van der Waals surface area (Å²) >= 11 is 0. The van der Waals surface area contributed by atoms with Crippen molar-refractivity contribution in [1.82, 2.24) is 5.48 Å². The van der Waals surface area contributed by atoms with Crippen LogP contribution < -0.4 is 10.2 Å². The molecule has 6 heteroatoms. The van der Waals surface area contributed by atoms with Crippen LogP contribution in [0.25, 0.3) is 0 Å². The smallest absolute Gasteiger partial charge is 0.337 e. The summed E-state index contributed by atoms with van der Waals surface area (Å²) in [4.78, 5) is 11.2. The predicted octanol–water partition coefficient (Wildman–Crippen LogP) is 0.786. The average Bonchev–Trinajstić information content (AvgIpc) is 2.35. The van der Waals surface area contributed by atoms with Gasteiger partial charge in [0.05, 0.1) is 25.3 Å². The van der Waals surface area contributed by atoms with Crippen molar-refractivity contribution >= 4 is 11.8 Å². The normalized spacial score (nSPS) is 9.44. The molecule has 3 N–H and O–H groups in total. The molecule has 1 rings (SSSR count). The predicted molar refractivity (Wildman–Crippen MR) is 56.1 cm³/mol. The maximum atomic E-state index is 11.2. The Hall–Kier alpha value is -2.08. The Morgan fingerprint density at radius 2 is 2.12 bits per heavy atom. The molecule has 0 aromatic heterocycles. The molecule has 16 heavy (non-hydrogen) atoms. The third kappa shape index (κ3) is 2.29. The number of hydroxylamine groups is 1. The molecule has 0 unspecified atom stereocenters. The minimum atomic E-state index is -0.492. The molecule has 0 atom stereocenters. The topological polar surface area (TPSA) is 91.6 Å². The molecule has 86 valence electrons. The lowest BCUT2D eigenvalue weighted by Gasteiger charge is -2.09. The molecule has 0 saturated carbocycles.